The maximum atomic E-state index is 11.8. The third kappa shape index (κ3) is 2.51. The molecule has 1 aliphatic heterocycles. The molecule has 0 radical (unpaired) electrons. The summed E-state index contributed by atoms with van der Waals surface area (Å²) in [5.41, 5.74) is -1.05. The van der Waals surface area contributed by atoms with Gasteiger partial charge in [-0.3, -0.25) is 4.79 Å². The fraction of sp³-hybridized carbons (Fsp3) is 0.846. The van der Waals surface area contributed by atoms with Crippen molar-refractivity contribution in [2.45, 2.75) is 58.2 Å². The lowest BCUT2D eigenvalue weighted by Crippen LogP contribution is -2.64. The molecule has 0 aromatic heterocycles. The molecule has 104 valence electrons. The number of aliphatic carboxylic acids is 1. The van der Waals surface area contributed by atoms with Crippen molar-refractivity contribution in [1.29, 1.82) is 0 Å². The molecule has 2 atom stereocenters. The van der Waals surface area contributed by atoms with Crippen LogP contribution in [0, 0.1) is 0 Å². The zero-order valence-electron chi connectivity index (χ0n) is 11.9. The molecule has 0 bridgehead atoms. The highest BCUT2D eigenvalue weighted by molar-refractivity contribution is 5.86. The predicted molar refractivity (Wildman–Crippen MR) is 69.3 cm³/mol. The van der Waals surface area contributed by atoms with Gasteiger partial charge in [-0.15, -0.1) is 0 Å². The van der Waals surface area contributed by atoms with Crippen LogP contribution in [0.4, 0.5) is 0 Å². The topological polar surface area (TPSA) is 60.9 Å². The van der Waals surface area contributed by atoms with Crippen LogP contribution in [-0.4, -0.2) is 58.0 Å². The standard InChI is InChI=1S/C13H24N2O3/c1-9(2)15(11(4)16)13(12(17)18)6-7-14(5)10(3)8-13/h9-10H,6-8H2,1-5H3,(H,17,18). The van der Waals surface area contributed by atoms with Crippen molar-refractivity contribution in [2.24, 2.45) is 0 Å². The van der Waals surface area contributed by atoms with Crippen LogP contribution in [0.15, 0.2) is 0 Å². The fourth-order valence-corrected chi connectivity index (χ4v) is 3.00. The number of hydrogen-bond donors (Lipinski definition) is 1. The summed E-state index contributed by atoms with van der Waals surface area (Å²) in [6, 6.07) is 0.0599. The van der Waals surface area contributed by atoms with Gasteiger partial charge in [0, 0.05) is 25.6 Å². The van der Waals surface area contributed by atoms with Gasteiger partial charge in [-0.05, 0) is 40.7 Å². The Hall–Kier alpha value is -1.10. The van der Waals surface area contributed by atoms with Crippen molar-refractivity contribution in [3.8, 4) is 0 Å². The normalized spacial score (nSPS) is 29.3. The quantitative estimate of drug-likeness (QED) is 0.823. The van der Waals surface area contributed by atoms with Crippen molar-refractivity contribution >= 4 is 11.9 Å². The molecule has 5 heteroatoms. The average molecular weight is 256 g/mol. The third-order valence-electron chi connectivity index (χ3n) is 3.98. The molecular formula is C13H24N2O3. The second kappa shape index (κ2) is 5.26. The number of likely N-dealkylation sites (tertiary alicyclic amines) is 1. The second-order valence-corrected chi connectivity index (χ2v) is 5.60. The molecule has 1 saturated heterocycles. The Balaban J connectivity index is 3.15. The molecule has 0 saturated carbocycles. The zero-order valence-corrected chi connectivity index (χ0v) is 11.9. The molecule has 1 N–H and O–H groups in total. The molecule has 2 unspecified atom stereocenters. The Bertz CT molecular complexity index is 343. The molecule has 1 amide bonds. The molecule has 0 aromatic rings. The molecule has 1 heterocycles. The first-order valence-corrected chi connectivity index (χ1v) is 6.46. The summed E-state index contributed by atoms with van der Waals surface area (Å²) in [6.45, 7) is 7.90. The average Bonchev–Trinajstić information content (AvgIpc) is 2.22. The van der Waals surface area contributed by atoms with E-state index in [4.69, 9.17) is 0 Å². The van der Waals surface area contributed by atoms with Crippen molar-refractivity contribution in [3.63, 3.8) is 0 Å². The van der Waals surface area contributed by atoms with Crippen molar-refractivity contribution in [1.82, 2.24) is 9.80 Å². The van der Waals surface area contributed by atoms with Gasteiger partial charge in [0.1, 0.15) is 5.54 Å². The zero-order chi connectivity index (χ0) is 14.1. The highest BCUT2D eigenvalue weighted by Gasteiger charge is 2.50. The Morgan fingerprint density at radius 2 is 2.00 bits per heavy atom. The number of nitrogens with zero attached hydrogens (tertiary/aromatic N) is 2. The first-order chi connectivity index (χ1) is 8.22. The maximum absolute atomic E-state index is 11.8. The van der Waals surface area contributed by atoms with E-state index >= 15 is 0 Å². The highest BCUT2D eigenvalue weighted by atomic mass is 16.4. The van der Waals surface area contributed by atoms with Crippen LogP contribution >= 0.6 is 0 Å². The summed E-state index contributed by atoms with van der Waals surface area (Å²) < 4.78 is 0. The lowest BCUT2D eigenvalue weighted by molar-refractivity contribution is -0.166. The number of piperidine rings is 1. The number of carbonyl (C=O) groups is 2. The van der Waals surface area contributed by atoms with Crippen LogP contribution in [0.5, 0.6) is 0 Å². The van der Waals surface area contributed by atoms with Crippen LogP contribution in [-0.2, 0) is 9.59 Å². The number of carbonyl (C=O) groups excluding carboxylic acids is 1. The van der Waals surface area contributed by atoms with E-state index in [9.17, 15) is 14.7 Å². The number of hydrogen-bond acceptors (Lipinski definition) is 3. The van der Waals surface area contributed by atoms with Gasteiger partial charge in [0.2, 0.25) is 5.91 Å². The van der Waals surface area contributed by atoms with Crippen molar-refractivity contribution < 1.29 is 14.7 Å². The summed E-state index contributed by atoms with van der Waals surface area (Å²) in [4.78, 5) is 27.3. The van der Waals surface area contributed by atoms with E-state index < -0.39 is 11.5 Å². The minimum absolute atomic E-state index is 0.103. The summed E-state index contributed by atoms with van der Waals surface area (Å²) in [5.74, 6) is -1.05. The van der Waals surface area contributed by atoms with E-state index in [0.717, 1.165) is 0 Å². The van der Waals surface area contributed by atoms with Gasteiger partial charge >= 0.3 is 5.97 Å². The monoisotopic (exact) mass is 256 g/mol. The fourth-order valence-electron chi connectivity index (χ4n) is 3.00. The van der Waals surface area contributed by atoms with Gasteiger partial charge in [-0.2, -0.15) is 0 Å². The van der Waals surface area contributed by atoms with Crippen LogP contribution in [0.3, 0.4) is 0 Å². The van der Waals surface area contributed by atoms with E-state index in [1.165, 1.54) is 6.92 Å². The number of carboxylic acids is 1. The van der Waals surface area contributed by atoms with E-state index in [1.54, 1.807) is 4.90 Å². The number of amides is 1. The van der Waals surface area contributed by atoms with E-state index in [2.05, 4.69) is 4.90 Å². The molecule has 18 heavy (non-hydrogen) atoms. The van der Waals surface area contributed by atoms with Crippen molar-refractivity contribution in [3.05, 3.63) is 0 Å². The predicted octanol–water partition coefficient (Wildman–Crippen LogP) is 1.18. The lowest BCUT2D eigenvalue weighted by Gasteiger charge is -2.49. The summed E-state index contributed by atoms with van der Waals surface area (Å²) >= 11 is 0. The van der Waals surface area contributed by atoms with Gasteiger partial charge < -0.3 is 14.9 Å². The third-order valence-corrected chi connectivity index (χ3v) is 3.98. The molecule has 5 nitrogen and oxygen atoms in total. The summed E-state index contributed by atoms with van der Waals surface area (Å²) in [6.07, 6.45) is 0.970. The Morgan fingerprint density at radius 1 is 1.44 bits per heavy atom. The Labute approximate surface area is 109 Å². The van der Waals surface area contributed by atoms with Crippen LogP contribution in [0.1, 0.15) is 40.5 Å². The molecule has 1 aliphatic rings. The molecule has 1 fully saturated rings. The van der Waals surface area contributed by atoms with Gasteiger partial charge in [0.25, 0.3) is 0 Å². The van der Waals surface area contributed by atoms with Gasteiger partial charge in [-0.1, -0.05) is 0 Å². The Morgan fingerprint density at radius 3 is 2.33 bits per heavy atom. The number of carboxylic acid groups (broad SMARTS) is 1. The second-order valence-electron chi connectivity index (χ2n) is 5.60. The smallest absolute Gasteiger partial charge is 0.329 e. The van der Waals surface area contributed by atoms with Gasteiger partial charge in [0.05, 0.1) is 0 Å². The molecule has 1 rings (SSSR count). The van der Waals surface area contributed by atoms with E-state index in [-0.39, 0.29) is 18.0 Å². The molecule has 0 aromatic carbocycles. The first-order valence-electron chi connectivity index (χ1n) is 6.46. The first kappa shape index (κ1) is 15.0. The minimum Gasteiger partial charge on any atom is -0.479 e. The highest BCUT2D eigenvalue weighted by Crippen LogP contribution is 2.33. The molecule has 0 aliphatic carbocycles. The SMILES string of the molecule is CC(=O)N(C(C)C)C1(C(=O)O)CCN(C)C(C)C1. The Kier molecular flexibility index (Phi) is 4.37. The number of rotatable bonds is 3. The van der Waals surface area contributed by atoms with E-state index in [1.807, 2.05) is 27.8 Å². The van der Waals surface area contributed by atoms with Gasteiger partial charge in [-0.25, -0.2) is 4.79 Å². The van der Waals surface area contributed by atoms with Crippen molar-refractivity contribution in [2.75, 3.05) is 13.6 Å². The van der Waals surface area contributed by atoms with Crippen LogP contribution in [0.2, 0.25) is 0 Å². The van der Waals surface area contributed by atoms with E-state index in [0.29, 0.717) is 19.4 Å². The summed E-state index contributed by atoms with van der Waals surface area (Å²) in [5, 5.41) is 9.65. The van der Waals surface area contributed by atoms with Crippen LogP contribution in [0.25, 0.3) is 0 Å². The summed E-state index contributed by atoms with van der Waals surface area (Å²) in [7, 11) is 1.99. The van der Waals surface area contributed by atoms with Gasteiger partial charge in [0.15, 0.2) is 0 Å². The molecule has 0 spiro atoms. The van der Waals surface area contributed by atoms with Crippen LogP contribution < -0.4 is 0 Å². The minimum atomic E-state index is -1.05. The maximum Gasteiger partial charge on any atom is 0.329 e. The largest absolute Gasteiger partial charge is 0.479 e. The lowest BCUT2D eigenvalue weighted by atomic mass is 9.81. The molecular weight excluding hydrogens is 232 g/mol.